The maximum absolute atomic E-state index is 6.39. The standard InChI is InChI=1S/C16H27N3OS/c1-18-7-9-19(10-8-18)13-4-2-3-5-14(13)20-15-6-11-21-16(15)12-17/h6,11,13-14H,2-5,7-10,12,17H2,1H3. The van der Waals surface area contributed by atoms with E-state index in [-0.39, 0.29) is 0 Å². The lowest BCUT2D eigenvalue weighted by Crippen LogP contribution is -2.54. The molecule has 1 aliphatic carbocycles. The van der Waals surface area contributed by atoms with Gasteiger partial charge in [-0.1, -0.05) is 6.42 Å². The van der Waals surface area contributed by atoms with Crippen LogP contribution in [0.5, 0.6) is 5.75 Å². The summed E-state index contributed by atoms with van der Waals surface area (Å²) in [4.78, 5) is 6.25. The second kappa shape index (κ2) is 7.09. The molecule has 1 aromatic heterocycles. The van der Waals surface area contributed by atoms with E-state index in [0.717, 1.165) is 5.75 Å². The number of nitrogens with two attached hydrogens (primary N) is 1. The van der Waals surface area contributed by atoms with Crippen LogP contribution in [0.15, 0.2) is 11.4 Å². The summed E-state index contributed by atoms with van der Waals surface area (Å²) < 4.78 is 6.39. The first-order valence-electron chi connectivity index (χ1n) is 8.13. The van der Waals surface area contributed by atoms with Gasteiger partial charge in [-0.25, -0.2) is 0 Å². The molecular weight excluding hydrogens is 282 g/mol. The van der Waals surface area contributed by atoms with Crippen molar-refractivity contribution in [1.82, 2.24) is 9.80 Å². The van der Waals surface area contributed by atoms with Crippen LogP contribution in [0.4, 0.5) is 0 Å². The fourth-order valence-electron chi connectivity index (χ4n) is 3.53. The van der Waals surface area contributed by atoms with Gasteiger partial charge in [-0.05, 0) is 37.8 Å². The van der Waals surface area contributed by atoms with Crippen molar-refractivity contribution < 1.29 is 4.74 Å². The molecule has 1 aliphatic heterocycles. The molecule has 3 rings (SSSR count). The van der Waals surface area contributed by atoms with Crippen molar-refractivity contribution in [1.29, 1.82) is 0 Å². The maximum Gasteiger partial charge on any atom is 0.134 e. The Balaban J connectivity index is 1.66. The summed E-state index contributed by atoms with van der Waals surface area (Å²) in [6.45, 7) is 5.28. The topological polar surface area (TPSA) is 41.7 Å². The summed E-state index contributed by atoms with van der Waals surface area (Å²) in [5.74, 6) is 1.02. The van der Waals surface area contributed by atoms with Crippen molar-refractivity contribution in [3.8, 4) is 5.75 Å². The Morgan fingerprint density at radius 2 is 2.00 bits per heavy atom. The first-order chi connectivity index (χ1) is 10.3. The van der Waals surface area contributed by atoms with Crippen LogP contribution in [-0.4, -0.2) is 55.2 Å². The van der Waals surface area contributed by atoms with Gasteiger partial charge in [0.2, 0.25) is 0 Å². The quantitative estimate of drug-likeness (QED) is 0.925. The number of ether oxygens (including phenoxy) is 1. The minimum absolute atomic E-state index is 0.335. The Kier molecular flexibility index (Phi) is 5.16. The highest BCUT2D eigenvalue weighted by Gasteiger charge is 2.33. The van der Waals surface area contributed by atoms with Gasteiger partial charge in [-0.15, -0.1) is 11.3 Å². The van der Waals surface area contributed by atoms with Gasteiger partial charge in [0.25, 0.3) is 0 Å². The molecule has 118 valence electrons. The molecule has 0 spiro atoms. The zero-order valence-electron chi connectivity index (χ0n) is 13.0. The van der Waals surface area contributed by atoms with E-state index < -0.39 is 0 Å². The van der Waals surface area contributed by atoms with Crippen LogP contribution in [0.1, 0.15) is 30.6 Å². The number of hydrogen-bond donors (Lipinski definition) is 1. The van der Waals surface area contributed by atoms with Crippen LogP contribution in [0, 0.1) is 0 Å². The molecule has 5 heteroatoms. The predicted octanol–water partition coefficient (Wildman–Crippen LogP) is 2.14. The highest BCUT2D eigenvalue weighted by molar-refractivity contribution is 7.10. The molecule has 0 bridgehead atoms. The molecule has 2 atom stereocenters. The first kappa shape index (κ1) is 15.3. The molecule has 2 aliphatic rings. The van der Waals surface area contributed by atoms with Gasteiger partial charge in [0.15, 0.2) is 0 Å². The molecule has 2 N–H and O–H groups in total. The lowest BCUT2D eigenvalue weighted by molar-refractivity contribution is 0.0128. The number of hydrogen-bond acceptors (Lipinski definition) is 5. The average Bonchev–Trinajstić information content (AvgIpc) is 2.96. The minimum Gasteiger partial charge on any atom is -0.488 e. The molecular formula is C16H27N3OS. The third-order valence-electron chi connectivity index (χ3n) is 4.84. The number of nitrogens with zero attached hydrogens (tertiary/aromatic N) is 2. The molecule has 4 nitrogen and oxygen atoms in total. The SMILES string of the molecule is CN1CCN(C2CCCCC2Oc2ccsc2CN)CC1. The zero-order valence-corrected chi connectivity index (χ0v) is 13.8. The third kappa shape index (κ3) is 3.59. The zero-order chi connectivity index (χ0) is 14.7. The van der Waals surface area contributed by atoms with E-state index in [4.69, 9.17) is 10.5 Å². The van der Waals surface area contributed by atoms with Gasteiger partial charge in [-0.3, -0.25) is 4.90 Å². The van der Waals surface area contributed by atoms with Crippen LogP contribution in [0.3, 0.4) is 0 Å². The molecule has 0 amide bonds. The molecule has 21 heavy (non-hydrogen) atoms. The molecule has 1 saturated carbocycles. The van der Waals surface area contributed by atoms with E-state index in [2.05, 4.69) is 28.3 Å². The van der Waals surface area contributed by atoms with Crippen molar-refractivity contribution >= 4 is 11.3 Å². The normalized spacial score (nSPS) is 28.7. The first-order valence-corrected chi connectivity index (χ1v) is 9.01. The summed E-state index contributed by atoms with van der Waals surface area (Å²) in [5, 5.41) is 2.09. The van der Waals surface area contributed by atoms with Crippen LogP contribution < -0.4 is 10.5 Å². The number of piperazine rings is 1. The van der Waals surface area contributed by atoms with E-state index in [1.54, 1.807) is 11.3 Å². The molecule has 2 fully saturated rings. The van der Waals surface area contributed by atoms with Crippen molar-refractivity contribution in [3.05, 3.63) is 16.3 Å². The minimum atomic E-state index is 0.335. The molecule has 0 radical (unpaired) electrons. The fraction of sp³-hybridized carbons (Fsp3) is 0.750. The van der Waals surface area contributed by atoms with Gasteiger partial charge in [0.1, 0.15) is 11.9 Å². The Morgan fingerprint density at radius 1 is 1.24 bits per heavy atom. The largest absolute Gasteiger partial charge is 0.488 e. The van der Waals surface area contributed by atoms with Crippen molar-refractivity contribution in [2.24, 2.45) is 5.73 Å². The van der Waals surface area contributed by atoms with Gasteiger partial charge in [0.05, 0.1) is 4.88 Å². The van der Waals surface area contributed by atoms with Crippen molar-refractivity contribution in [2.75, 3.05) is 33.2 Å². The molecule has 1 saturated heterocycles. The van der Waals surface area contributed by atoms with E-state index in [1.807, 2.05) is 0 Å². The summed E-state index contributed by atoms with van der Waals surface area (Å²) in [6, 6.07) is 2.67. The average molecular weight is 309 g/mol. The lowest BCUT2D eigenvalue weighted by atomic mass is 9.90. The Labute approximate surface area is 131 Å². The fourth-order valence-corrected chi connectivity index (χ4v) is 4.22. The predicted molar refractivity (Wildman–Crippen MR) is 88.0 cm³/mol. The van der Waals surface area contributed by atoms with Gasteiger partial charge >= 0.3 is 0 Å². The summed E-state index contributed by atoms with van der Waals surface area (Å²) in [6.07, 6.45) is 5.41. The van der Waals surface area contributed by atoms with E-state index in [1.165, 1.54) is 56.7 Å². The molecule has 2 unspecified atom stereocenters. The Bertz CT molecular complexity index is 442. The molecule has 1 aromatic rings. The van der Waals surface area contributed by atoms with Gasteiger partial charge in [0, 0.05) is 38.8 Å². The highest BCUT2D eigenvalue weighted by Crippen LogP contribution is 2.31. The number of rotatable bonds is 4. The van der Waals surface area contributed by atoms with Crippen LogP contribution in [-0.2, 0) is 6.54 Å². The maximum atomic E-state index is 6.39. The van der Waals surface area contributed by atoms with Gasteiger partial charge < -0.3 is 15.4 Å². The van der Waals surface area contributed by atoms with Crippen molar-refractivity contribution in [3.63, 3.8) is 0 Å². The summed E-state index contributed by atoms with van der Waals surface area (Å²) in [7, 11) is 2.21. The van der Waals surface area contributed by atoms with E-state index in [9.17, 15) is 0 Å². The van der Waals surface area contributed by atoms with Crippen LogP contribution in [0.2, 0.25) is 0 Å². The van der Waals surface area contributed by atoms with Crippen LogP contribution in [0.25, 0.3) is 0 Å². The molecule has 0 aromatic carbocycles. The molecule has 2 heterocycles. The monoisotopic (exact) mass is 309 g/mol. The van der Waals surface area contributed by atoms with E-state index in [0.29, 0.717) is 18.7 Å². The van der Waals surface area contributed by atoms with Crippen LogP contribution >= 0.6 is 11.3 Å². The second-order valence-electron chi connectivity index (χ2n) is 6.26. The number of thiophene rings is 1. The smallest absolute Gasteiger partial charge is 0.134 e. The second-order valence-corrected chi connectivity index (χ2v) is 7.26. The highest BCUT2D eigenvalue weighted by atomic mass is 32.1. The van der Waals surface area contributed by atoms with E-state index >= 15 is 0 Å². The van der Waals surface area contributed by atoms with Gasteiger partial charge in [-0.2, -0.15) is 0 Å². The summed E-state index contributed by atoms with van der Waals surface area (Å²) in [5.41, 5.74) is 5.81. The number of likely N-dealkylation sites (N-methyl/N-ethyl adjacent to an activating group) is 1. The Morgan fingerprint density at radius 3 is 2.76 bits per heavy atom. The lowest BCUT2D eigenvalue weighted by Gasteiger charge is -2.43. The Hall–Kier alpha value is -0.620. The summed E-state index contributed by atoms with van der Waals surface area (Å²) >= 11 is 1.70. The van der Waals surface area contributed by atoms with Crippen molar-refractivity contribution in [2.45, 2.75) is 44.4 Å². The third-order valence-corrected chi connectivity index (χ3v) is 5.77.